The summed E-state index contributed by atoms with van der Waals surface area (Å²) in [4.78, 5) is 12.6. The number of hydrogen-bond acceptors (Lipinski definition) is 5. The molecule has 146 valence electrons. The molecule has 1 aliphatic heterocycles. The third kappa shape index (κ3) is 3.94. The zero-order chi connectivity index (χ0) is 19.8. The summed E-state index contributed by atoms with van der Waals surface area (Å²) in [6, 6.07) is 7.23. The number of carbonyl (C=O) groups excluding carboxylic acids is 1. The van der Waals surface area contributed by atoms with Crippen LogP contribution in [0.4, 0.5) is 0 Å². The van der Waals surface area contributed by atoms with Crippen molar-refractivity contribution in [2.75, 3.05) is 13.1 Å². The lowest BCUT2D eigenvalue weighted by molar-refractivity contribution is 0.0299. The topological polar surface area (TPSA) is 76.8 Å². The van der Waals surface area contributed by atoms with E-state index in [-0.39, 0.29) is 16.4 Å². The molecule has 0 unspecified atom stereocenters. The summed E-state index contributed by atoms with van der Waals surface area (Å²) in [7, 11) is -3.64. The minimum Gasteiger partial charge on any atom is -0.453 e. The maximum Gasteiger partial charge on any atom is 0.374 e. The minimum absolute atomic E-state index is 0.0377. The normalized spacial score (nSPS) is 16.4. The number of rotatable bonds is 5. The van der Waals surface area contributed by atoms with Crippen LogP contribution in [-0.4, -0.2) is 31.8 Å². The smallest absolute Gasteiger partial charge is 0.374 e. The van der Waals surface area contributed by atoms with E-state index in [9.17, 15) is 13.2 Å². The molecule has 0 radical (unpaired) electrons. The zero-order valence-electron chi connectivity index (χ0n) is 16.1. The van der Waals surface area contributed by atoms with E-state index < -0.39 is 22.1 Å². The van der Waals surface area contributed by atoms with Crippen molar-refractivity contribution < 1.29 is 22.4 Å². The van der Waals surface area contributed by atoms with Gasteiger partial charge >= 0.3 is 5.97 Å². The number of esters is 1. The molecule has 7 heteroatoms. The Hall–Kier alpha value is -2.12. The van der Waals surface area contributed by atoms with E-state index in [0.29, 0.717) is 13.1 Å². The third-order valence-electron chi connectivity index (χ3n) is 4.91. The SMILES string of the molecule is Cc1ccc(C)c([C@@H](C)OC(=O)c2cc(S(=O)(=O)N3CCCC3)c(C)o2)c1. The van der Waals surface area contributed by atoms with Crippen molar-refractivity contribution in [1.82, 2.24) is 4.31 Å². The molecule has 0 spiro atoms. The van der Waals surface area contributed by atoms with Crippen LogP contribution in [0.5, 0.6) is 0 Å². The molecule has 0 amide bonds. The molecular weight excluding hydrogens is 366 g/mol. The number of furan rings is 1. The van der Waals surface area contributed by atoms with Crippen LogP contribution in [0.2, 0.25) is 0 Å². The molecule has 3 rings (SSSR count). The molecule has 1 saturated heterocycles. The van der Waals surface area contributed by atoms with Gasteiger partial charge in [-0.3, -0.25) is 0 Å². The van der Waals surface area contributed by atoms with Crippen molar-refractivity contribution in [3.8, 4) is 0 Å². The van der Waals surface area contributed by atoms with Crippen LogP contribution in [0.25, 0.3) is 0 Å². The molecule has 0 N–H and O–H groups in total. The van der Waals surface area contributed by atoms with E-state index in [1.54, 1.807) is 13.8 Å². The minimum atomic E-state index is -3.64. The number of benzene rings is 1. The highest BCUT2D eigenvalue weighted by Crippen LogP contribution is 2.28. The number of hydrogen-bond donors (Lipinski definition) is 0. The largest absolute Gasteiger partial charge is 0.453 e. The lowest BCUT2D eigenvalue weighted by Crippen LogP contribution is -2.28. The van der Waals surface area contributed by atoms with Gasteiger partial charge < -0.3 is 9.15 Å². The van der Waals surface area contributed by atoms with Crippen LogP contribution in [0.15, 0.2) is 33.6 Å². The quantitative estimate of drug-likeness (QED) is 0.722. The molecule has 0 aliphatic carbocycles. The molecule has 1 aromatic heterocycles. The number of aryl methyl sites for hydroxylation is 3. The van der Waals surface area contributed by atoms with Gasteiger partial charge in [0.25, 0.3) is 0 Å². The van der Waals surface area contributed by atoms with Gasteiger partial charge in [0.05, 0.1) is 0 Å². The van der Waals surface area contributed by atoms with E-state index in [1.165, 1.54) is 10.4 Å². The Balaban J connectivity index is 1.81. The zero-order valence-corrected chi connectivity index (χ0v) is 16.9. The van der Waals surface area contributed by atoms with Crippen LogP contribution in [0.3, 0.4) is 0 Å². The maximum absolute atomic E-state index is 12.7. The summed E-state index contributed by atoms with van der Waals surface area (Å²) in [6.45, 7) is 8.26. The first kappa shape index (κ1) is 19.6. The van der Waals surface area contributed by atoms with E-state index >= 15 is 0 Å². The Bertz CT molecular complexity index is 955. The molecule has 0 bridgehead atoms. The predicted octanol–water partition coefficient (Wildman–Crippen LogP) is 3.91. The Morgan fingerprint density at radius 1 is 1.15 bits per heavy atom. The molecule has 2 heterocycles. The lowest BCUT2D eigenvalue weighted by atomic mass is 10.0. The second-order valence-electron chi connectivity index (χ2n) is 7.05. The van der Waals surface area contributed by atoms with Gasteiger partial charge in [0.15, 0.2) is 0 Å². The summed E-state index contributed by atoms with van der Waals surface area (Å²) >= 11 is 0. The Labute approximate surface area is 160 Å². The average Bonchev–Trinajstić information content (AvgIpc) is 3.27. The van der Waals surface area contributed by atoms with Gasteiger partial charge in [-0.25, -0.2) is 13.2 Å². The number of sulfonamides is 1. The molecule has 1 atom stereocenters. The molecule has 1 aromatic carbocycles. The van der Waals surface area contributed by atoms with Crippen LogP contribution >= 0.6 is 0 Å². The average molecular weight is 391 g/mol. The predicted molar refractivity (Wildman–Crippen MR) is 101 cm³/mol. The summed E-state index contributed by atoms with van der Waals surface area (Å²) in [5, 5.41) is 0. The maximum atomic E-state index is 12.7. The van der Waals surface area contributed by atoms with E-state index in [1.807, 2.05) is 32.0 Å². The fourth-order valence-electron chi connectivity index (χ4n) is 3.37. The van der Waals surface area contributed by atoms with Crippen molar-refractivity contribution in [2.45, 2.75) is 51.5 Å². The van der Waals surface area contributed by atoms with Crippen molar-refractivity contribution in [3.05, 3.63) is 52.5 Å². The monoisotopic (exact) mass is 391 g/mol. The molecule has 1 fully saturated rings. The summed E-state index contributed by atoms with van der Waals surface area (Å²) < 4.78 is 37.8. The van der Waals surface area contributed by atoms with Crippen LogP contribution in [0.1, 0.15) is 58.9 Å². The number of carbonyl (C=O) groups is 1. The molecule has 2 aromatic rings. The van der Waals surface area contributed by atoms with E-state index in [2.05, 4.69) is 0 Å². The van der Waals surface area contributed by atoms with Crippen LogP contribution in [-0.2, 0) is 14.8 Å². The van der Waals surface area contributed by atoms with Gasteiger partial charge in [0, 0.05) is 19.2 Å². The number of ether oxygens (including phenoxy) is 1. The Morgan fingerprint density at radius 3 is 2.48 bits per heavy atom. The standard InChI is InChI=1S/C20H25NO5S/c1-13-7-8-14(2)17(11-13)15(3)26-20(22)18-12-19(16(4)25-18)27(23,24)21-9-5-6-10-21/h7-8,11-12,15H,5-6,9-10H2,1-4H3/t15-/m1/s1. The van der Waals surface area contributed by atoms with Gasteiger partial charge in [-0.2, -0.15) is 4.31 Å². The highest BCUT2D eigenvalue weighted by Gasteiger charge is 2.32. The molecule has 1 aliphatic rings. The molecule has 27 heavy (non-hydrogen) atoms. The van der Waals surface area contributed by atoms with Crippen molar-refractivity contribution >= 4 is 16.0 Å². The highest BCUT2D eigenvalue weighted by atomic mass is 32.2. The molecule has 0 saturated carbocycles. The first-order valence-electron chi connectivity index (χ1n) is 9.09. The van der Waals surface area contributed by atoms with Crippen molar-refractivity contribution in [3.63, 3.8) is 0 Å². The lowest BCUT2D eigenvalue weighted by Gasteiger charge is -2.15. The molecular formula is C20H25NO5S. The van der Waals surface area contributed by atoms with Gasteiger partial charge in [0.1, 0.15) is 16.8 Å². The first-order chi connectivity index (χ1) is 12.7. The first-order valence-corrected chi connectivity index (χ1v) is 10.5. The van der Waals surface area contributed by atoms with Gasteiger partial charge in [-0.05, 0) is 51.7 Å². The van der Waals surface area contributed by atoms with Gasteiger partial charge in [0.2, 0.25) is 15.8 Å². The fraction of sp³-hybridized carbons (Fsp3) is 0.450. The highest BCUT2D eigenvalue weighted by molar-refractivity contribution is 7.89. The van der Waals surface area contributed by atoms with Gasteiger partial charge in [-0.15, -0.1) is 0 Å². The van der Waals surface area contributed by atoms with Crippen LogP contribution < -0.4 is 0 Å². The molecule has 6 nitrogen and oxygen atoms in total. The van der Waals surface area contributed by atoms with E-state index in [4.69, 9.17) is 9.15 Å². The van der Waals surface area contributed by atoms with Crippen LogP contribution in [0, 0.1) is 20.8 Å². The second-order valence-corrected chi connectivity index (χ2v) is 8.96. The second kappa shape index (κ2) is 7.48. The van der Waals surface area contributed by atoms with Crippen molar-refractivity contribution in [2.24, 2.45) is 0 Å². The van der Waals surface area contributed by atoms with Crippen molar-refractivity contribution in [1.29, 1.82) is 0 Å². The van der Waals surface area contributed by atoms with E-state index in [0.717, 1.165) is 29.5 Å². The Kier molecular flexibility index (Phi) is 5.44. The summed E-state index contributed by atoms with van der Waals surface area (Å²) in [5.41, 5.74) is 3.01. The Morgan fingerprint density at radius 2 is 1.81 bits per heavy atom. The third-order valence-corrected chi connectivity index (χ3v) is 6.92. The number of nitrogens with zero attached hydrogens (tertiary/aromatic N) is 1. The summed E-state index contributed by atoms with van der Waals surface area (Å²) in [6.07, 6.45) is 1.22. The summed E-state index contributed by atoms with van der Waals surface area (Å²) in [5.74, 6) is -0.565. The fourth-order valence-corrected chi connectivity index (χ4v) is 5.05. The van der Waals surface area contributed by atoms with Gasteiger partial charge in [-0.1, -0.05) is 23.8 Å².